The third-order valence-corrected chi connectivity index (χ3v) is 4.37. The minimum atomic E-state index is 0. The summed E-state index contributed by atoms with van der Waals surface area (Å²) in [6.07, 6.45) is 1.09. The lowest BCUT2D eigenvalue weighted by Crippen LogP contribution is -2.52. The van der Waals surface area contributed by atoms with Gasteiger partial charge in [-0.15, -0.1) is 12.4 Å². The smallest absolute Gasteiger partial charge is 0.234 e. The number of carbonyl (C=O) groups excluding carboxylic acids is 1. The third-order valence-electron chi connectivity index (χ3n) is 4.37. The second-order valence-corrected chi connectivity index (χ2v) is 7.27. The molecule has 0 aromatic heterocycles. The van der Waals surface area contributed by atoms with Crippen molar-refractivity contribution in [3.05, 3.63) is 35.4 Å². The molecule has 2 rings (SSSR count). The molecule has 0 radical (unpaired) electrons. The molecular formula is C18H30ClN3O. The quantitative estimate of drug-likeness (QED) is 0.864. The van der Waals surface area contributed by atoms with Crippen molar-refractivity contribution in [3.63, 3.8) is 0 Å². The second kappa shape index (κ2) is 8.67. The molecular weight excluding hydrogens is 310 g/mol. The maximum atomic E-state index is 11.9. The van der Waals surface area contributed by atoms with E-state index < -0.39 is 0 Å². The lowest BCUT2D eigenvalue weighted by molar-refractivity contribution is -0.121. The van der Waals surface area contributed by atoms with Crippen molar-refractivity contribution in [2.45, 2.75) is 39.8 Å². The minimum Gasteiger partial charge on any atom is -0.350 e. The second-order valence-electron chi connectivity index (χ2n) is 7.27. The van der Waals surface area contributed by atoms with Gasteiger partial charge in [0.25, 0.3) is 0 Å². The van der Waals surface area contributed by atoms with E-state index in [2.05, 4.69) is 60.6 Å². The summed E-state index contributed by atoms with van der Waals surface area (Å²) in [6.45, 7) is 9.87. The number of halogens is 1. The molecule has 130 valence electrons. The first-order valence-electron chi connectivity index (χ1n) is 8.13. The number of nitrogens with zero attached hydrogens (tertiary/aromatic N) is 1. The van der Waals surface area contributed by atoms with Gasteiger partial charge in [0.05, 0.1) is 6.54 Å². The minimum absolute atomic E-state index is 0. The first-order valence-corrected chi connectivity index (χ1v) is 8.13. The van der Waals surface area contributed by atoms with Crippen LogP contribution in [0.3, 0.4) is 0 Å². The van der Waals surface area contributed by atoms with Crippen molar-refractivity contribution in [2.75, 3.05) is 26.7 Å². The van der Waals surface area contributed by atoms with Gasteiger partial charge >= 0.3 is 0 Å². The maximum Gasteiger partial charge on any atom is 0.234 e. The van der Waals surface area contributed by atoms with E-state index in [1.165, 1.54) is 11.1 Å². The van der Waals surface area contributed by atoms with Crippen molar-refractivity contribution >= 4 is 18.3 Å². The van der Waals surface area contributed by atoms with Crippen molar-refractivity contribution < 1.29 is 4.79 Å². The summed E-state index contributed by atoms with van der Waals surface area (Å²) < 4.78 is 0. The summed E-state index contributed by atoms with van der Waals surface area (Å²) in [5, 5.41) is 6.10. The van der Waals surface area contributed by atoms with Gasteiger partial charge < -0.3 is 10.6 Å². The van der Waals surface area contributed by atoms with Crippen molar-refractivity contribution in [1.29, 1.82) is 0 Å². The molecule has 1 amide bonds. The fourth-order valence-electron chi connectivity index (χ4n) is 2.91. The number of benzene rings is 1. The molecule has 1 aromatic carbocycles. The third kappa shape index (κ3) is 5.79. The highest BCUT2D eigenvalue weighted by atomic mass is 35.5. The first kappa shape index (κ1) is 19.9. The van der Waals surface area contributed by atoms with Gasteiger partial charge in [-0.25, -0.2) is 0 Å². The van der Waals surface area contributed by atoms with Crippen molar-refractivity contribution in [2.24, 2.45) is 5.41 Å². The summed E-state index contributed by atoms with van der Waals surface area (Å²) in [5.74, 6) is 0.0693. The number of nitrogens with one attached hydrogen (secondary N) is 2. The van der Waals surface area contributed by atoms with Crippen LogP contribution in [0, 0.1) is 5.41 Å². The number of likely N-dealkylation sites (N-methyl/N-ethyl adjacent to an activating group) is 1. The Hall–Kier alpha value is -1.10. The highest BCUT2D eigenvalue weighted by Gasteiger charge is 2.29. The number of rotatable bonds is 5. The Balaban J connectivity index is 0.00000264. The van der Waals surface area contributed by atoms with Gasteiger partial charge in [-0.05, 0) is 30.0 Å². The average Bonchev–Trinajstić information content (AvgIpc) is 2.46. The van der Waals surface area contributed by atoms with E-state index in [0.29, 0.717) is 6.54 Å². The molecule has 0 saturated carbocycles. The fraction of sp³-hybridized carbons (Fsp3) is 0.611. The molecule has 1 aliphatic heterocycles. The number of fused-ring (bicyclic) bond motifs is 1. The van der Waals surface area contributed by atoms with Crippen LogP contribution in [0.4, 0.5) is 0 Å². The van der Waals surface area contributed by atoms with Gasteiger partial charge in [0, 0.05) is 25.7 Å². The van der Waals surface area contributed by atoms with E-state index in [1.54, 1.807) is 7.05 Å². The van der Waals surface area contributed by atoms with Gasteiger partial charge in [-0.1, -0.05) is 45.0 Å². The Labute approximate surface area is 146 Å². The molecule has 2 N–H and O–H groups in total. The number of hydrogen-bond donors (Lipinski definition) is 2. The van der Waals surface area contributed by atoms with E-state index in [1.807, 2.05) is 0 Å². The van der Waals surface area contributed by atoms with Gasteiger partial charge in [0.15, 0.2) is 0 Å². The SMILES string of the molecule is CNCC(=O)NC(CN1CCc2ccccc2C1)C(C)(C)C.Cl. The Bertz CT molecular complexity index is 513. The van der Waals surface area contributed by atoms with Gasteiger partial charge in [0.2, 0.25) is 5.91 Å². The summed E-state index contributed by atoms with van der Waals surface area (Å²) >= 11 is 0. The zero-order valence-corrected chi connectivity index (χ0v) is 15.5. The van der Waals surface area contributed by atoms with Crippen LogP contribution >= 0.6 is 12.4 Å². The van der Waals surface area contributed by atoms with E-state index in [9.17, 15) is 4.79 Å². The van der Waals surface area contributed by atoms with Crippen molar-refractivity contribution in [1.82, 2.24) is 15.5 Å². The summed E-state index contributed by atoms with van der Waals surface area (Å²) in [4.78, 5) is 14.4. The van der Waals surface area contributed by atoms with E-state index >= 15 is 0 Å². The molecule has 23 heavy (non-hydrogen) atoms. The van der Waals surface area contributed by atoms with E-state index in [4.69, 9.17) is 0 Å². The molecule has 4 nitrogen and oxygen atoms in total. The summed E-state index contributed by atoms with van der Waals surface area (Å²) in [6, 6.07) is 8.82. The highest BCUT2D eigenvalue weighted by Crippen LogP contribution is 2.23. The number of amides is 1. The predicted octanol–water partition coefficient (Wildman–Crippen LogP) is 2.22. The first-order chi connectivity index (χ1) is 10.4. The van der Waals surface area contributed by atoms with Crippen LogP contribution in [0.25, 0.3) is 0 Å². The van der Waals surface area contributed by atoms with Crippen LogP contribution in [-0.2, 0) is 17.8 Å². The number of carbonyl (C=O) groups is 1. The van der Waals surface area contributed by atoms with Crippen LogP contribution in [0.5, 0.6) is 0 Å². The van der Waals surface area contributed by atoms with E-state index in [0.717, 1.165) is 26.1 Å². The van der Waals surface area contributed by atoms with Crippen LogP contribution < -0.4 is 10.6 Å². The Morgan fingerprint density at radius 1 is 1.26 bits per heavy atom. The van der Waals surface area contributed by atoms with E-state index in [-0.39, 0.29) is 29.8 Å². The molecule has 1 aliphatic rings. The molecule has 1 atom stereocenters. The Morgan fingerprint density at radius 3 is 2.52 bits per heavy atom. The maximum absolute atomic E-state index is 11.9. The van der Waals surface area contributed by atoms with Crippen LogP contribution in [0.1, 0.15) is 31.9 Å². The van der Waals surface area contributed by atoms with Crippen LogP contribution in [0.2, 0.25) is 0 Å². The topological polar surface area (TPSA) is 44.4 Å². The average molecular weight is 340 g/mol. The Kier molecular flexibility index (Phi) is 7.52. The lowest BCUT2D eigenvalue weighted by atomic mass is 9.85. The van der Waals surface area contributed by atoms with Crippen molar-refractivity contribution in [3.8, 4) is 0 Å². The normalized spacial score (nSPS) is 16.2. The lowest BCUT2D eigenvalue weighted by Gasteiger charge is -2.38. The molecule has 0 aliphatic carbocycles. The molecule has 0 spiro atoms. The van der Waals surface area contributed by atoms with Crippen LogP contribution in [0.15, 0.2) is 24.3 Å². The zero-order chi connectivity index (χ0) is 16.2. The highest BCUT2D eigenvalue weighted by molar-refractivity contribution is 5.85. The molecule has 0 bridgehead atoms. The standard InChI is InChI=1S/C18H29N3O.ClH/c1-18(2,3)16(20-17(22)11-19-4)13-21-10-9-14-7-5-6-8-15(14)12-21;/h5-8,16,19H,9-13H2,1-4H3,(H,20,22);1H. The molecule has 0 saturated heterocycles. The fourth-order valence-corrected chi connectivity index (χ4v) is 2.91. The van der Waals surface area contributed by atoms with Gasteiger partial charge in [-0.3, -0.25) is 9.69 Å². The molecule has 1 heterocycles. The molecule has 1 unspecified atom stereocenters. The zero-order valence-electron chi connectivity index (χ0n) is 14.7. The summed E-state index contributed by atoms with van der Waals surface area (Å²) in [5.41, 5.74) is 2.92. The largest absolute Gasteiger partial charge is 0.350 e. The van der Waals surface area contributed by atoms with Gasteiger partial charge in [-0.2, -0.15) is 0 Å². The molecule has 5 heteroatoms. The van der Waals surface area contributed by atoms with Crippen LogP contribution in [-0.4, -0.2) is 43.5 Å². The van der Waals surface area contributed by atoms with Gasteiger partial charge in [0.1, 0.15) is 0 Å². The molecule has 0 fully saturated rings. The summed E-state index contributed by atoms with van der Waals surface area (Å²) in [7, 11) is 1.80. The predicted molar refractivity (Wildman–Crippen MR) is 98.0 cm³/mol. The Morgan fingerprint density at radius 2 is 1.91 bits per heavy atom. The number of hydrogen-bond acceptors (Lipinski definition) is 3. The monoisotopic (exact) mass is 339 g/mol. The molecule has 1 aromatic rings.